The molecule has 2 aromatic rings. The van der Waals surface area contributed by atoms with Crippen LogP contribution in [0.2, 0.25) is 0 Å². The van der Waals surface area contributed by atoms with Crippen LogP contribution in [0.1, 0.15) is 28.4 Å². The average molecular weight is 333 g/mol. The molecule has 0 spiro atoms. The van der Waals surface area contributed by atoms with E-state index in [9.17, 15) is 4.79 Å². The van der Waals surface area contributed by atoms with Crippen molar-refractivity contribution in [3.63, 3.8) is 0 Å². The molecule has 0 saturated carbocycles. The molecule has 20 heavy (non-hydrogen) atoms. The van der Waals surface area contributed by atoms with Gasteiger partial charge in [0, 0.05) is 0 Å². The molecule has 0 fully saturated rings. The largest absolute Gasteiger partial charge is 0.495 e. The number of carbonyl (C=O) groups is 1. The van der Waals surface area contributed by atoms with Gasteiger partial charge in [0.2, 0.25) is 0 Å². The third-order valence-electron chi connectivity index (χ3n) is 3.37. The van der Waals surface area contributed by atoms with Gasteiger partial charge in [0.25, 0.3) is 0 Å². The highest BCUT2D eigenvalue weighted by molar-refractivity contribution is 9.10. The molecule has 1 atom stereocenters. The Morgan fingerprint density at radius 1 is 1.20 bits per heavy atom. The van der Waals surface area contributed by atoms with E-state index in [1.165, 1.54) is 0 Å². The summed E-state index contributed by atoms with van der Waals surface area (Å²) in [5.74, 6) is 1.16. The zero-order chi connectivity index (χ0) is 14.1. The molecule has 102 valence electrons. The van der Waals surface area contributed by atoms with E-state index in [2.05, 4.69) is 15.9 Å². The van der Waals surface area contributed by atoms with E-state index < -0.39 is 0 Å². The number of halogens is 1. The van der Waals surface area contributed by atoms with Crippen molar-refractivity contribution in [3.05, 3.63) is 58.1 Å². The second-order valence-electron chi connectivity index (χ2n) is 4.60. The van der Waals surface area contributed by atoms with E-state index in [0.717, 1.165) is 10.0 Å². The molecule has 1 aliphatic rings. The van der Waals surface area contributed by atoms with Crippen LogP contribution >= 0.6 is 15.9 Å². The molecular formula is C16H13BrO3. The maximum atomic E-state index is 12.4. The lowest BCUT2D eigenvalue weighted by Crippen LogP contribution is -2.21. The molecule has 0 aromatic heterocycles. The molecule has 0 saturated heterocycles. The van der Waals surface area contributed by atoms with Crippen LogP contribution in [0.5, 0.6) is 11.5 Å². The number of rotatable bonds is 2. The summed E-state index contributed by atoms with van der Waals surface area (Å²) < 4.78 is 12.0. The molecule has 0 amide bonds. The van der Waals surface area contributed by atoms with Crippen molar-refractivity contribution in [2.75, 3.05) is 7.11 Å². The molecule has 1 unspecified atom stereocenters. The molecule has 0 radical (unpaired) electrons. The molecular weight excluding hydrogens is 320 g/mol. The molecule has 2 aromatic carbocycles. The fourth-order valence-electron chi connectivity index (χ4n) is 2.42. The number of Topliss-reactive ketones (excluding diaryl/α,β-unsaturated/α-hetero) is 1. The Labute approximate surface area is 125 Å². The van der Waals surface area contributed by atoms with Gasteiger partial charge >= 0.3 is 0 Å². The Bertz CT molecular complexity index is 652. The van der Waals surface area contributed by atoms with Gasteiger partial charge in [-0.05, 0) is 33.6 Å². The normalized spacial score (nSPS) is 17.3. The van der Waals surface area contributed by atoms with Crippen LogP contribution in [0.25, 0.3) is 0 Å². The summed E-state index contributed by atoms with van der Waals surface area (Å²) in [6, 6.07) is 13.4. The molecule has 3 rings (SSSR count). The predicted octanol–water partition coefficient (Wildman–Crippen LogP) is 4.16. The van der Waals surface area contributed by atoms with E-state index in [-0.39, 0.29) is 11.9 Å². The van der Waals surface area contributed by atoms with Crippen LogP contribution in [-0.4, -0.2) is 12.9 Å². The van der Waals surface area contributed by atoms with Crippen molar-refractivity contribution in [2.24, 2.45) is 0 Å². The van der Waals surface area contributed by atoms with Crippen molar-refractivity contribution in [1.82, 2.24) is 0 Å². The quantitative estimate of drug-likeness (QED) is 0.828. The number of hydrogen-bond acceptors (Lipinski definition) is 3. The smallest absolute Gasteiger partial charge is 0.174 e. The first-order valence-corrected chi connectivity index (χ1v) is 7.11. The Balaban J connectivity index is 2.03. The fraction of sp³-hybridized carbons (Fsp3) is 0.188. The summed E-state index contributed by atoms with van der Waals surface area (Å²) >= 11 is 3.39. The Morgan fingerprint density at radius 3 is 2.65 bits per heavy atom. The Morgan fingerprint density at radius 2 is 1.95 bits per heavy atom. The first-order valence-electron chi connectivity index (χ1n) is 6.32. The number of fused-ring (bicyclic) bond motifs is 1. The minimum Gasteiger partial charge on any atom is -0.495 e. The number of benzene rings is 2. The van der Waals surface area contributed by atoms with Gasteiger partial charge in [0.15, 0.2) is 5.78 Å². The summed E-state index contributed by atoms with van der Waals surface area (Å²) in [4.78, 5) is 12.4. The maximum Gasteiger partial charge on any atom is 0.174 e. The maximum absolute atomic E-state index is 12.4. The van der Waals surface area contributed by atoms with Crippen molar-refractivity contribution in [2.45, 2.75) is 12.5 Å². The number of ketones is 1. The van der Waals surface area contributed by atoms with Gasteiger partial charge < -0.3 is 9.47 Å². The highest BCUT2D eigenvalue weighted by Gasteiger charge is 2.31. The van der Waals surface area contributed by atoms with Crippen LogP contribution in [0.15, 0.2) is 46.9 Å². The first-order chi connectivity index (χ1) is 9.70. The van der Waals surface area contributed by atoms with Gasteiger partial charge in [-0.15, -0.1) is 0 Å². The third kappa shape index (κ3) is 2.20. The number of carbonyl (C=O) groups excluding carboxylic acids is 1. The van der Waals surface area contributed by atoms with Crippen molar-refractivity contribution >= 4 is 21.7 Å². The molecule has 0 aliphatic carbocycles. The second-order valence-corrected chi connectivity index (χ2v) is 5.45. The highest BCUT2D eigenvalue weighted by Crippen LogP contribution is 2.42. The lowest BCUT2D eigenvalue weighted by atomic mass is 9.96. The summed E-state index contributed by atoms with van der Waals surface area (Å²) in [6.07, 6.45) is 0.0891. The Hall–Kier alpha value is -1.81. The molecule has 1 aliphatic heterocycles. The van der Waals surface area contributed by atoms with Crippen LogP contribution in [0.3, 0.4) is 0 Å². The number of ether oxygens (including phenoxy) is 2. The van der Waals surface area contributed by atoms with Gasteiger partial charge in [-0.3, -0.25) is 4.79 Å². The predicted molar refractivity (Wildman–Crippen MR) is 79.5 cm³/mol. The van der Waals surface area contributed by atoms with Crippen molar-refractivity contribution in [1.29, 1.82) is 0 Å². The number of methoxy groups -OCH3 is 1. The summed E-state index contributed by atoms with van der Waals surface area (Å²) in [5.41, 5.74) is 1.53. The fourth-order valence-corrected chi connectivity index (χ4v) is 2.91. The summed E-state index contributed by atoms with van der Waals surface area (Å²) in [7, 11) is 1.55. The lowest BCUT2D eigenvalue weighted by Gasteiger charge is -2.27. The minimum absolute atomic E-state index is 0.0400. The van der Waals surface area contributed by atoms with E-state index in [0.29, 0.717) is 23.5 Å². The molecule has 0 bridgehead atoms. The zero-order valence-corrected chi connectivity index (χ0v) is 12.5. The van der Waals surface area contributed by atoms with E-state index in [1.807, 2.05) is 36.4 Å². The molecule has 0 N–H and O–H groups in total. The standard InChI is InChI=1S/C16H13BrO3/c1-19-16-11(17)7-8-13-15(16)12(18)9-14(20-13)10-5-3-2-4-6-10/h2-8,14H,9H2,1H3. The lowest BCUT2D eigenvalue weighted by molar-refractivity contribution is 0.0844. The molecule has 1 heterocycles. The van der Waals surface area contributed by atoms with Crippen LogP contribution in [0.4, 0.5) is 0 Å². The van der Waals surface area contributed by atoms with Crippen LogP contribution in [0, 0.1) is 0 Å². The van der Waals surface area contributed by atoms with Crippen LogP contribution < -0.4 is 9.47 Å². The van der Waals surface area contributed by atoms with Gasteiger partial charge in [0.1, 0.15) is 23.2 Å². The van der Waals surface area contributed by atoms with E-state index in [1.54, 1.807) is 13.2 Å². The van der Waals surface area contributed by atoms with Gasteiger partial charge in [-0.25, -0.2) is 0 Å². The minimum atomic E-state index is -0.234. The van der Waals surface area contributed by atoms with E-state index in [4.69, 9.17) is 9.47 Å². The monoisotopic (exact) mass is 332 g/mol. The van der Waals surface area contributed by atoms with Crippen molar-refractivity contribution in [3.8, 4) is 11.5 Å². The first kappa shape index (κ1) is 13.2. The topological polar surface area (TPSA) is 35.5 Å². The zero-order valence-electron chi connectivity index (χ0n) is 10.9. The second kappa shape index (κ2) is 5.29. The van der Waals surface area contributed by atoms with Gasteiger partial charge in [-0.1, -0.05) is 30.3 Å². The number of hydrogen-bond donors (Lipinski definition) is 0. The highest BCUT2D eigenvalue weighted by atomic mass is 79.9. The average Bonchev–Trinajstić information content (AvgIpc) is 2.48. The van der Waals surface area contributed by atoms with Gasteiger partial charge in [0.05, 0.1) is 18.0 Å². The van der Waals surface area contributed by atoms with E-state index >= 15 is 0 Å². The Kier molecular flexibility index (Phi) is 3.49. The van der Waals surface area contributed by atoms with Gasteiger partial charge in [-0.2, -0.15) is 0 Å². The van der Waals surface area contributed by atoms with Crippen LogP contribution in [-0.2, 0) is 0 Å². The third-order valence-corrected chi connectivity index (χ3v) is 3.99. The summed E-state index contributed by atoms with van der Waals surface area (Å²) in [5, 5.41) is 0. The molecule has 3 nitrogen and oxygen atoms in total. The van der Waals surface area contributed by atoms with Crippen molar-refractivity contribution < 1.29 is 14.3 Å². The summed E-state index contributed by atoms with van der Waals surface area (Å²) in [6.45, 7) is 0. The molecule has 4 heteroatoms. The SMILES string of the molecule is COc1c(Br)ccc2c1C(=O)CC(c1ccccc1)O2.